The quantitative estimate of drug-likeness (QED) is 0.184. The van der Waals surface area contributed by atoms with Crippen LogP contribution in [0, 0.1) is 28.9 Å². The second kappa shape index (κ2) is 15.6. The summed E-state index contributed by atoms with van der Waals surface area (Å²) < 4.78 is 33.7. The molecular weight excluding hydrogens is 773 g/mol. The normalized spacial score (nSPS) is 21.0. The lowest BCUT2D eigenvalue weighted by Gasteiger charge is -2.46. The number of amides is 4. The molecule has 2 aromatic carbocycles. The number of carbonyl (C=O) groups is 3. The standard InChI is InChI=1S/C43H47F2N11O4/c1-43(2,60)33-19-36-28(16-37(33)48-41(58)38-8-7-31-15-26(20-46)21-47-56(31)38)25-55(50-36)30-5-3-29(4-6-30)52-13-11-51(12-14-52)22-27-23-53(24-27)32-17-34(44)40(35(45)18-32)54-10-9-39(57)49-42(54)59/h7-8,15-19,21,25,27,29-30,60H,3-6,9-14,22-24H2,1-2H3,(H,48,58)(H,49,57,59). The zero-order valence-corrected chi connectivity index (χ0v) is 33.6. The molecule has 0 bridgehead atoms. The van der Waals surface area contributed by atoms with Crippen LogP contribution >= 0.6 is 0 Å². The molecule has 1 saturated carbocycles. The Morgan fingerprint density at radius 2 is 1.70 bits per heavy atom. The largest absolute Gasteiger partial charge is 0.386 e. The van der Waals surface area contributed by atoms with E-state index in [0.29, 0.717) is 58.8 Å². The van der Waals surface area contributed by atoms with Crippen LogP contribution in [-0.2, 0) is 10.4 Å². The summed E-state index contributed by atoms with van der Waals surface area (Å²) >= 11 is 0. The minimum atomic E-state index is -1.25. The lowest BCUT2D eigenvalue weighted by atomic mass is 9.90. The third kappa shape index (κ3) is 7.66. The van der Waals surface area contributed by atoms with Crippen LogP contribution in [0.2, 0.25) is 0 Å². The second-order valence-electron chi connectivity index (χ2n) is 17.1. The van der Waals surface area contributed by atoms with Gasteiger partial charge in [0.15, 0.2) is 11.6 Å². The number of hydrogen-bond acceptors (Lipinski definition) is 10. The highest BCUT2D eigenvalue weighted by atomic mass is 19.1. The summed E-state index contributed by atoms with van der Waals surface area (Å²) in [7, 11) is 0. The smallest absolute Gasteiger partial charge is 0.328 e. The second-order valence-corrected chi connectivity index (χ2v) is 17.1. The summed E-state index contributed by atoms with van der Waals surface area (Å²) in [6.07, 6.45) is 7.55. The Labute approximate surface area is 345 Å². The fourth-order valence-corrected chi connectivity index (χ4v) is 9.34. The van der Waals surface area contributed by atoms with Crippen molar-refractivity contribution < 1.29 is 28.3 Å². The van der Waals surface area contributed by atoms with Crippen LogP contribution in [0.1, 0.15) is 73.6 Å². The van der Waals surface area contributed by atoms with Gasteiger partial charge in [-0.2, -0.15) is 15.5 Å². The summed E-state index contributed by atoms with van der Waals surface area (Å²) in [6, 6.07) is 13.3. The van der Waals surface area contributed by atoms with Gasteiger partial charge >= 0.3 is 6.03 Å². The van der Waals surface area contributed by atoms with E-state index in [1.807, 2.05) is 27.9 Å². The van der Waals surface area contributed by atoms with Crippen molar-refractivity contribution in [1.82, 2.24) is 34.5 Å². The zero-order chi connectivity index (χ0) is 41.9. The first kappa shape index (κ1) is 39.5. The van der Waals surface area contributed by atoms with Crippen molar-refractivity contribution in [2.45, 2.75) is 63.6 Å². The van der Waals surface area contributed by atoms with E-state index >= 15 is 8.78 Å². The van der Waals surface area contributed by atoms with Crippen molar-refractivity contribution in [2.75, 3.05) is 67.5 Å². The molecule has 0 spiro atoms. The van der Waals surface area contributed by atoms with Gasteiger partial charge in [0.25, 0.3) is 5.91 Å². The predicted molar refractivity (Wildman–Crippen MR) is 220 cm³/mol. The van der Waals surface area contributed by atoms with E-state index in [1.54, 1.807) is 32.0 Å². The molecule has 3 aliphatic heterocycles. The summed E-state index contributed by atoms with van der Waals surface area (Å²) in [5, 5.41) is 35.5. The van der Waals surface area contributed by atoms with Crippen LogP contribution in [0.15, 0.2) is 54.9 Å². The number of benzene rings is 2. The Hall–Kier alpha value is -5.96. The third-order valence-corrected chi connectivity index (χ3v) is 12.6. The molecule has 4 fully saturated rings. The van der Waals surface area contributed by atoms with Gasteiger partial charge in [0.05, 0.1) is 34.4 Å². The van der Waals surface area contributed by atoms with E-state index in [9.17, 15) is 24.8 Å². The number of fused-ring (bicyclic) bond motifs is 2. The van der Waals surface area contributed by atoms with Crippen molar-refractivity contribution >= 4 is 51.3 Å². The Balaban J connectivity index is 0.766. The Morgan fingerprint density at radius 3 is 2.38 bits per heavy atom. The van der Waals surface area contributed by atoms with Crippen LogP contribution in [0.3, 0.4) is 0 Å². The minimum absolute atomic E-state index is 0.0132. The highest BCUT2D eigenvalue weighted by molar-refractivity contribution is 6.06. The molecule has 3 aromatic heterocycles. The molecule has 0 unspecified atom stereocenters. The number of aromatic nitrogens is 4. The van der Waals surface area contributed by atoms with E-state index < -0.39 is 34.9 Å². The van der Waals surface area contributed by atoms with Gasteiger partial charge in [-0.25, -0.2) is 18.1 Å². The molecule has 5 aromatic rings. The van der Waals surface area contributed by atoms with Crippen LogP contribution in [0.5, 0.6) is 0 Å². The van der Waals surface area contributed by atoms with E-state index in [1.165, 1.54) is 22.8 Å². The lowest BCUT2D eigenvalue weighted by molar-refractivity contribution is -0.120. The fraction of sp³-hybridized carbons (Fsp3) is 0.442. The van der Waals surface area contributed by atoms with E-state index in [2.05, 4.69) is 31.6 Å². The number of carbonyl (C=O) groups excluding carboxylic acids is 3. The van der Waals surface area contributed by atoms with Crippen LogP contribution in [0.4, 0.5) is 30.6 Å². The minimum Gasteiger partial charge on any atom is -0.386 e. The molecule has 0 radical (unpaired) electrons. The van der Waals surface area contributed by atoms with Crippen molar-refractivity contribution in [1.29, 1.82) is 5.26 Å². The Morgan fingerprint density at radius 1 is 0.983 bits per heavy atom. The van der Waals surface area contributed by atoms with E-state index in [4.69, 9.17) is 5.10 Å². The average Bonchev–Trinajstić information content (AvgIpc) is 3.83. The number of imide groups is 1. The molecule has 4 aliphatic rings. The van der Waals surface area contributed by atoms with Crippen molar-refractivity contribution in [3.63, 3.8) is 0 Å². The van der Waals surface area contributed by atoms with Gasteiger partial charge in [-0.15, -0.1) is 0 Å². The predicted octanol–water partition coefficient (Wildman–Crippen LogP) is 5.00. The number of nitriles is 1. The molecule has 3 saturated heterocycles. The van der Waals surface area contributed by atoms with Gasteiger partial charge in [-0.1, -0.05) is 0 Å². The van der Waals surface area contributed by atoms with Crippen molar-refractivity contribution in [2.24, 2.45) is 5.92 Å². The topological polar surface area (TPSA) is 167 Å². The summed E-state index contributed by atoms with van der Waals surface area (Å²) in [4.78, 5) is 45.2. The third-order valence-electron chi connectivity index (χ3n) is 12.6. The number of piperazine rings is 1. The fourth-order valence-electron chi connectivity index (χ4n) is 9.34. The van der Waals surface area contributed by atoms with Crippen molar-refractivity contribution in [3.05, 3.63) is 83.3 Å². The lowest BCUT2D eigenvalue weighted by Crippen LogP contribution is -2.56. The van der Waals surface area contributed by atoms with Crippen molar-refractivity contribution in [3.8, 4) is 6.07 Å². The zero-order valence-electron chi connectivity index (χ0n) is 33.6. The van der Waals surface area contributed by atoms with E-state index in [-0.39, 0.29) is 24.9 Å². The van der Waals surface area contributed by atoms with Gasteiger partial charge in [0.2, 0.25) is 5.91 Å². The summed E-state index contributed by atoms with van der Waals surface area (Å²) in [5.41, 5.74) is 1.89. The van der Waals surface area contributed by atoms with Gasteiger partial charge in [-0.3, -0.25) is 29.4 Å². The van der Waals surface area contributed by atoms with Gasteiger partial charge in [0.1, 0.15) is 17.5 Å². The van der Waals surface area contributed by atoms with Crippen LogP contribution in [0.25, 0.3) is 16.4 Å². The molecule has 312 valence electrons. The maximum Gasteiger partial charge on any atom is 0.328 e. The maximum absolute atomic E-state index is 15.1. The SMILES string of the molecule is CC(C)(O)c1cc2nn(C3CCC(N4CCN(CC5CN(c6cc(F)c(N7CCC(=O)NC7=O)c(F)c6)C5)CC4)CC3)cc2cc1NC(=O)c1ccc2cc(C#N)cnn12. The number of nitrogens with one attached hydrogen (secondary N) is 2. The van der Waals surface area contributed by atoms with E-state index in [0.717, 1.165) is 74.2 Å². The van der Waals surface area contributed by atoms with Crippen LogP contribution < -0.4 is 20.4 Å². The Kier molecular flexibility index (Phi) is 10.3. The molecule has 6 heterocycles. The number of halogens is 2. The number of hydrogen-bond donors (Lipinski definition) is 3. The highest BCUT2D eigenvalue weighted by Crippen LogP contribution is 2.37. The molecule has 0 atom stereocenters. The first-order chi connectivity index (χ1) is 28.8. The number of anilines is 3. The number of urea groups is 1. The van der Waals surface area contributed by atoms with Gasteiger partial charge < -0.3 is 20.2 Å². The average molecular weight is 820 g/mol. The molecule has 9 rings (SSSR count). The molecule has 60 heavy (non-hydrogen) atoms. The number of nitrogens with zero attached hydrogens (tertiary/aromatic N) is 9. The first-order valence-electron chi connectivity index (χ1n) is 20.6. The summed E-state index contributed by atoms with van der Waals surface area (Å²) in [5.74, 6) is -2.10. The first-order valence-corrected chi connectivity index (χ1v) is 20.6. The molecule has 1 aliphatic carbocycles. The molecular formula is C43H47F2N11O4. The molecule has 4 amide bonds. The Bertz CT molecular complexity index is 2510. The molecule has 17 heteroatoms. The highest BCUT2D eigenvalue weighted by Gasteiger charge is 2.35. The van der Waals surface area contributed by atoms with Crippen LogP contribution in [-0.4, -0.2) is 111 Å². The molecule has 3 N–H and O–H groups in total. The monoisotopic (exact) mass is 819 g/mol. The number of aliphatic hydroxyl groups is 1. The molecule has 15 nitrogen and oxygen atoms in total. The summed E-state index contributed by atoms with van der Waals surface area (Å²) in [6.45, 7) is 9.57. The number of rotatable bonds is 9. The van der Waals surface area contributed by atoms with Gasteiger partial charge in [-0.05, 0) is 82.0 Å². The van der Waals surface area contributed by atoms with Gasteiger partial charge in [0, 0.05) is 99.3 Å². The maximum atomic E-state index is 15.1.